The average molecular weight is 293 g/mol. The minimum Gasteiger partial charge on any atom is -0.472 e. The molecule has 2 heterocycles. The van der Waals surface area contributed by atoms with E-state index < -0.39 is 0 Å². The molecule has 1 unspecified atom stereocenters. The molecular weight excluding hydrogens is 279 g/mol. The Labute approximate surface area is 121 Å². The van der Waals surface area contributed by atoms with Crippen LogP contribution in [0, 0.1) is 12.7 Å². The van der Waals surface area contributed by atoms with Crippen LogP contribution in [0.25, 0.3) is 11.0 Å². The highest BCUT2D eigenvalue weighted by Gasteiger charge is 2.17. The molecule has 20 heavy (non-hydrogen) atoms. The molecule has 0 aliphatic carbocycles. The van der Waals surface area contributed by atoms with Crippen molar-refractivity contribution in [3.63, 3.8) is 0 Å². The standard InChI is InChI=1S/C15H14ClFN2O/c1-9-5-14-13(6-12(9)17)18-15(10(2)16)19(14)7-11-3-4-20-8-11/h3-6,8,10H,7H2,1-2H3. The lowest BCUT2D eigenvalue weighted by Gasteiger charge is -2.09. The van der Waals surface area contributed by atoms with E-state index in [4.69, 9.17) is 16.0 Å². The summed E-state index contributed by atoms with van der Waals surface area (Å²) in [6.45, 7) is 4.20. The SMILES string of the molecule is Cc1cc2c(cc1F)nc(C(C)Cl)n2Cc1ccoc1. The maximum Gasteiger partial charge on any atom is 0.128 e. The first-order chi connectivity index (χ1) is 9.56. The first-order valence-electron chi connectivity index (χ1n) is 6.37. The number of benzene rings is 1. The summed E-state index contributed by atoms with van der Waals surface area (Å²) in [6.07, 6.45) is 3.31. The van der Waals surface area contributed by atoms with Gasteiger partial charge >= 0.3 is 0 Å². The predicted molar refractivity (Wildman–Crippen MR) is 76.5 cm³/mol. The van der Waals surface area contributed by atoms with E-state index in [1.165, 1.54) is 6.07 Å². The van der Waals surface area contributed by atoms with Crippen LogP contribution in [0.5, 0.6) is 0 Å². The van der Waals surface area contributed by atoms with Crippen LogP contribution in [0.4, 0.5) is 4.39 Å². The van der Waals surface area contributed by atoms with E-state index in [-0.39, 0.29) is 11.2 Å². The Morgan fingerprint density at radius 3 is 2.90 bits per heavy atom. The molecule has 0 amide bonds. The van der Waals surface area contributed by atoms with Crippen molar-refractivity contribution in [1.29, 1.82) is 0 Å². The molecule has 0 bridgehead atoms. The fraction of sp³-hybridized carbons (Fsp3) is 0.267. The molecule has 2 aromatic heterocycles. The van der Waals surface area contributed by atoms with Crippen molar-refractivity contribution in [3.8, 4) is 0 Å². The highest BCUT2D eigenvalue weighted by molar-refractivity contribution is 6.20. The lowest BCUT2D eigenvalue weighted by Crippen LogP contribution is -2.05. The molecule has 0 aliphatic heterocycles. The van der Waals surface area contributed by atoms with E-state index in [1.807, 2.05) is 17.6 Å². The molecule has 104 valence electrons. The van der Waals surface area contributed by atoms with Gasteiger partial charge in [0.25, 0.3) is 0 Å². The van der Waals surface area contributed by atoms with Gasteiger partial charge in [0.2, 0.25) is 0 Å². The van der Waals surface area contributed by atoms with Crippen LogP contribution < -0.4 is 0 Å². The summed E-state index contributed by atoms with van der Waals surface area (Å²) in [7, 11) is 0. The van der Waals surface area contributed by atoms with E-state index in [2.05, 4.69) is 4.98 Å². The molecule has 3 nitrogen and oxygen atoms in total. The zero-order chi connectivity index (χ0) is 14.3. The maximum absolute atomic E-state index is 13.7. The van der Waals surface area contributed by atoms with Crippen LogP contribution in [0.3, 0.4) is 0 Å². The van der Waals surface area contributed by atoms with Crippen molar-refractivity contribution in [2.75, 3.05) is 0 Å². The molecule has 3 aromatic rings. The number of imidazole rings is 1. The number of nitrogens with zero attached hydrogens (tertiary/aromatic N) is 2. The van der Waals surface area contributed by atoms with Crippen molar-refractivity contribution in [3.05, 3.63) is 53.5 Å². The van der Waals surface area contributed by atoms with Gasteiger partial charge in [-0.25, -0.2) is 9.37 Å². The summed E-state index contributed by atoms with van der Waals surface area (Å²) in [6, 6.07) is 5.16. The Morgan fingerprint density at radius 2 is 2.25 bits per heavy atom. The molecule has 0 saturated carbocycles. The van der Waals surface area contributed by atoms with E-state index in [0.717, 1.165) is 16.9 Å². The van der Waals surface area contributed by atoms with Crippen LogP contribution in [-0.2, 0) is 6.54 Å². The Bertz CT molecular complexity index is 747. The van der Waals surface area contributed by atoms with Gasteiger partial charge < -0.3 is 8.98 Å². The summed E-state index contributed by atoms with van der Waals surface area (Å²) in [5.41, 5.74) is 3.12. The van der Waals surface area contributed by atoms with E-state index in [0.29, 0.717) is 17.6 Å². The number of furan rings is 1. The van der Waals surface area contributed by atoms with E-state index in [1.54, 1.807) is 25.5 Å². The fourth-order valence-corrected chi connectivity index (χ4v) is 2.47. The van der Waals surface area contributed by atoms with Gasteiger partial charge in [0.1, 0.15) is 11.6 Å². The Morgan fingerprint density at radius 1 is 1.45 bits per heavy atom. The smallest absolute Gasteiger partial charge is 0.128 e. The second-order valence-corrected chi connectivity index (χ2v) is 5.55. The minimum atomic E-state index is -0.252. The molecule has 5 heteroatoms. The quantitative estimate of drug-likeness (QED) is 0.669. The summed E-state index contributed by atoms with van der Waals surface area (Å²) in [5.74, 6) is 0.479. The maximum atomic E-state index is 13.7. The zero-order valence-corrected chi connectivity index (χ0v) is 12.0. The van der Waals surface area contributed by atoms with Gasteiger partial charge in [0, 0.05) is 11.6 Å². The van der Waals surface area contributed by atoms with Gasteiger partial charge in [-0.3, -0.25) is 0 Å². The van der Waals surface area contributed by atoms with Crippen LogP contribution >= 0.6 is 11.6 Å². The molecule has 0 radical (unpaired) electrons. The number of fused-ring (bicyclic) bond motifs is 1. The fourth-order valence-electron chi connectivity index (χ4n) is 2.30. The molecule has 0 N–H and O–H groups in total. The molecule has 1 aromatic carbocycles. The molecule has 0 spiro atoms. The van der Waals surface area contributed by atoms with Gasteiger partial charge in [-0.2, -0.15) is 0 Å². The van der Waals surface area contributed by atoms with Gasteiger partial charge in [-0.15, -0.1) is 11.6 Å². The van der Waals surface area contributed by atoms with Crippen LogP contribution in [0.2, 0.25) is 0 Å². The van der Waals surface area contributed by atoms with Crippen molar-refractivity contribution in [2.45, 2.75) is 25.8 Å². The van der Waals surface area contributed by atoms with Gasteiger partial charge in [-0.1, -0.05) is 0 Å². The van der Waals surface area contributed by atoms with Crippen LogP contribution in [0.1, 0.15) is 29.3 Å². The Balaban J connectivity index is 2.20. The van der Waals surface area contributed by atoms with E-state index in [9.17, 15) is 4.39 Å². The van der Waals surface area contributed by atoms with Crippen molar-refractivity contribution >= 4 is 22.6 Å². The van der Waals surface area contributed by atoms with Gasteiger partial charge in [0.15, 0.2) is 0 Å². The number of alkyl halides is 1. The average Bonchev–Trinajstić information content (AvgIpc) is 3.00. The van der Waals surface area contributed by atoms with Gasteiger partial charge in [-0.05, 0) is 31.5 Å². The molecule has 3 rings (SSSR count). The zero-order valence-electron chi connectivity index (χ0n) is 11.2. The first-order valence-corrected chi connectivity index (χ1v) is 6.81. The van der Waals surface area contributed by atoms with Crippen molar-refractivity contribution in [1.82, 2.24) is 9.55 Å². The third-order valence-electron chi connectivity index (χ3n) is 3.33. The molecule has 1 atom stereocenters. The number of rotatable bonds is 3. The molecular formula is C15H14ClFN2O. The third-order valence-corrected chi connectivity index (χ3v) is 3.53. The second kappa shape index (κ2) is 4.94. The highest BCUT2D eigenvalue weighted by Crippen LogP contribution is 2.27. The first kappa shape index (κ1) is 13.2. The summed E-state index contributed by atoms with van der Waals surface area (Å²) < 4.78 is 20.8. The van der Waals surface area contributed by atoms with Crippen LogP contribution in [-0.4, -0.2) is 9.55 Å². The Kier molecular flexibility index (Phi) is 3.26. The number of aryl methyl sites for hydroxylation is 1. The normalized spacial score (nSPS) is 13.0. The van der Waals surface area contributed by atoms with Crippen molar-refractivity contribution in [2.24, 2.45) is 0 Å². The summed E-state index contributed by atoms with van der Waals surface area (Å²) in [4.78, 5) is 4.46. The predicted octanol–water partition coefficient (Wildman–Crippen LogP) is 4.42. The highest BCUT2D eigenvalue weighted by atomic mass is 35.5. The monoisotopic (exact) mass is 292 g/mol. The Hall–Kier alpha value is -1.81. The molecule has 0 fully saturated rings. The van der Waals surface area contributed by atoms with Crippen LogP contribution in [0.15, 0.2) is 35.1 Å². The minimum absolute atomic E-state index is 0.251. The second-order valence-electron chi connectivity index (χ2n) is 4.89. The lowest BCUT2D eigenvalue weighted by molar-refractivity contribution is 0.562. The van der Waals surface area contributed by atoms with E-state index >= 15 is 0 Å². The number of halogens is 2. The van der Waals surface area contributed by atoms with Crippen molar-refractivity contribution < 1.29 is 8.81 Å². The molecule has 0 saturated heterocycles. The number of hydrogen-bond acceptors (Lipinski definition) is 2. The number of aromatic nitrogens is 2. The lowest BCUT2D eigenvalue weighted by atomic mass is 10.2. The summed E-state index contributed by atoms with van der Waals surface area (Å²) in [5, 5.41) is -0.252. The topological polar surface area (TPSA) is 31.0 Å². The number of hydrogen-bond donors (Lipinski definition) is 0. The third kappa shape index (κ3) is 2.20. The largest absolute Gasteiger partial charge is 0.472 e. The summed E-state index contributed by atoms with van der Waals surface area (Å²) >= 11 is 6.20. The molecule has 0 aliphatic rings. The van der Waals surface area contributed by atoms with Gasteiger partial charge in [0.05, 0.1) is 35.5 Å².